The van der Waals surface area contributed by atoms with Crippen LogP contribution < -0.4 is 56.1 Å². The fourth-order valence-electron chi connectivity index (χ4n) is 12.0. The number of thiophene rings is 6. The summed E-state index contributed by atoms with van der Waals surface area (Å²) in [5.74, 6) is 1.13. The summed E-state index contributed by atoms with van der Waals surface area (Å²) < 4.78 is 28.2. The van der Waals surface area contributed by atoms with E-state index < -0.39 is 18.1 Å². The number of anilines is 3. The number of nitrogens with two attached hydrogens (primary N) is 5. The number of para-hydroxylation sites is 1. The van der Waals surface area contributed by atoms with Gasteiger partial charge in [0.1, 0.15) is 88.9 Å². The van der Waals surface area contributed by atoms with Crippen molar-refractivity contribution < 1.29 is 42.7 Å². The van der Waals surface area contributed by atoms with Crippen molar-refractivity contribution in [1.82, 2.24) is 54.7 Å². The number of amides is 1. The largest absolute Gasteiger partial charge is 0.468 e. The fourth-order valence-corrected chi connectivity index (χ4v) is 20.4. The van der Waals surface area contributed by atoms with Gasteiger partial charge in [0.15, 0.2) is 0 Å². The summed E-state index contributed by atoms with van der Waals surface area (Å²) in [5, 5.41) is 29.7. The third kappa shape index (κ3) is 37.0. The molecule has 1 aromatic carbocycles. The number of nitrogens with one attached hydrogen (secondary N) is 4. The van der Waals surface area contributed by atoms with Gasteiger partial charge in [0.2, 0.25) is 6.41 Å². The number of furan rings is 1. The molecule has 16 rings (SSSR count). The number of aryl methyl sites for hydroxylation is 5. The van der Waals surface area contributed by atoms with Crippen molar-refractivity contribution in [2.45, 2.75) is 188 Å². The van der Waals surface area contributed by atoms with Crippen LogP contribution >= 0.6 is 182 Å². The number of ether oxygens (including phenoxy) is 2. The molecule has 3 fully saturated rings. The number of aromatic nitrogens is 10. The molecule has 0 unspecified atom stereocenters. The molecule has 682 valence electrons. The standard InChI is InChI=1S/C15H21BrN4S.C12H15BrN4S.C9H9BO2.C8H11NO2S.C7H4BrClN2S.C7H5BrN2OS.C7H6N2OS.C6H14N2.C5H7NO2.C3H6O.CH3NO.Cl3OP/c1-9-13(16)12-14(17-8-18-15(12)21-9)19-10-4-6-11(7-5-10)20(2)3;13-9-5-18-12-10(9)11(15-6-16-12)17-8-3-1-7(14)2-4-8;1-10(11)9-6-7-4-2-3-5-8(7)12-9;1-3-11-8(10)6-4-5(2)12-7(6)9;1-3-5(8)4-6(9)10-2-11-7(4)12-3;1-3-5(8)4-6(11)9-2-10-7(4)12-3;1-4-2-5-6(10)8-3-9-7(5)11-4;7-5-1-2-6(8)4-3-5;1-2-8-5(7)3-4-6;1-2-3-4;2-1-3;1-5(2,3)4/h8,10-11H,4-7H2,1-3H3,(H,17,18,19);5-8H,1-4,14H2,(H,15,16,17);2-6,11H,1H3;4H,3,9H2,1-2H3;2H,1H3;2H,1H3,(H,9,10,11);2-3H,1H3,(H,8,9,10);5-6H,1-4,7-8H2;2-3H2,1H3;3H,2H2,1H3;1H,(H2,2,3);. The van der Waals surface area contributed by atoms with Crippen molar-refractivity contribution in [3.8, 4) is 6.07 Å². The molecular weight excluding hydrogens is 2100 g/mol. The summed E-state index contributed by atoms with van der Waals surface area (Å²) in [6, 6.07) is 17.8. The summed E-state index contributed by atoms with van der Waals surface area (Å²) in [7, 11) is 4.36. The molecule has 3 saturated carbocycles. The van der Waals surface area contributed by atoms with E-state index in [1.165, 1.54) is 88.4 Å². The van der Waals surface area contributed by atoms with Gasteiger partial charge >= 0.3 is 24.1 Å². The topological polar surface area (TPSA) is 487 Å². The Morgan fingerprint density at radius 3 is 1.58 bits per heavy atom. The minimum Gasteiger partial charge on any atom is -0.468 e. The number of carbonyl (C=O) groups excluding carboxylic acids is 4. The van der Waals surface area contributed by atoms with Crippen LogP contribution in [0.15, 0.2) is 111 Å². The Labute approximate surface area is 807 Å². The Hall–Kier alpha value is -6.60. The maximum atomic E-state index is 11.3. The Morgan fingerprint density at radius 1 is 0.659 bits per heavy atom. The van der Waals surface area contributed by atoms with E-state index >= 15 is 0 Å². The number of aldehydes is 1. The third-order valence-corrected chi connectivity index (χ3v) is 28.9. The second kappa shape index (κ2) is 56.9. The van der Waals surface area contributed by atoms with Crippen molar-refractivity contribution in [3.63, 3.8) is 0 Å². The van der Waals surface area contributed by atoms with Gasteiger partial charge in [-0.2, -0.15) is 5.26 Å². The first-order chi connectivity index (χ1) is 59.8. The van der Waals surface area contributed by atoms with E-state index in [0.29, 0.717) is 82.0 Å². The molecule has 0 saturated heterocycles. The summed E-state index contributed by atoms with van der Waals surface area (Å²) in [5.41, 5.74) is 28.8. The molecule has 0 radical (unpaired) electrons. The molecule has 3 aliphatic carbocycles. The number of hydrogen-bond acceptors (Lipinski definition) is 33. The van der Waals surface area contributed by atoms with Gasteiger partial charge in [0, 0.05) is 95.7 Å². The number of rotatable bonds is 11. The predicted molar refractivity (Wildman–Crippen MR) is 537 cm³/mol. The molecular formula is C80H101BBr4Cl4N19O11PS6. The van der Waals surface area contributed by atoms with Crippen LogP contribution in [-0.4, -0.2) is 155 Å². The molecule has 12 heterocycles. The first-order valence-corrected chi connectivity index (χ1v) is 52.1. The molecule has 1 amide bonds. The fraction of sp³-hybridized carbons (Fsp3) is 0.412. The minimum atomic E-state index is -3.22. The van der Waals surface area contributed by atoms with Crippen molar-refractivity contribution >= 4 is 298 Å². The number of fused-ring (bicyclic) bond motifs is 6. The lowest BCUT2D eigenvalue weighted by Gasteiger charge is -2.33. The maximum absolute atomic E-state index is 11.3. The lowest BCUT2D eigenvalue weighted by atomic mass is 9.69. The van der Waals surface area contributed by atoms with Gasteiger partial charge in [0.05, 0.1) is 64.4 Å². The molecule has 46 heteroatoms. The maximum Gasteiger partial charge on any atom is 0.362 e. The lowest BCUT2D eigenvalue weighted by molar-refractivity contribution is -0.141. The van der Waals surface area contributed by atoms with Crippen LogP contribution in [0.5, 0.6) is 0 Å². The molecule has 12 aromatic heterocycles. The molecule has 0 atom stereocenters. The molecule has 3 aliphatic rings. The molecule has 13 aromatic rings. The van der Waals surface area contributed by atoms with Gasteiger partial charge in [-0.25, -0.2) is 44.7 Å². The highest BCUT2D eigenvalue weighted by molar-refractivity contribution is 9.11. The van der Waals surface area contributed by atoms with Crippen LogP contribution in [0, 0.1) is 45.9 Å². The number of aromatic amines is 2. The quantitative estimate of drug-likeness (QED) is 0.0189. The summed E-state index contributed by atoms with van der Waals surface area (Å²) in [4.78, 5) is 113. The SMILES string of the molecule is CB(O)c1cc2ccccc2o1.CCC=O.CCOC(=O)CC#N.CCOC(=O)c1cc(C)sc1N.Cc1cc2c(=O)[nH]cnc2s1.Cc1sc2nc[nH]c(=O)c2c1Br.Cc1sc2ncnc(Cl)c2c1Br.Cc1sc2ncnc(NC3CCC(N(C)C)CC3)c2c1Br.NC1CCC(N)CC1.NC1CCC(Nc2ncnc3scc(Br)c23)CC1.NC=O.O=P(Cl)(Cl)Cl. The van der Waals surface area contributed by atoms with Gasteiger partial charge in [-0.1, -0.05) is 43.5 Å². The summed E-state index contributed by atoms with van der Waals surface area (Å²) in [6.07, 6.45) is 23.1. The molecule has 0 aliphatic heterocycles. The Bertz CT molecular complexity index is 5760. The van der Waals surface area contributed by atoms with Gasteiger partial charge in [-0.05, 0) is 261 Å². The first kappa shape index (κ1) is 110. The molecule has 0 bridgehead atoms. The summed E-state index contributed by atoms with van der Waals surface area (Å²) >= 11 is 43.2. The molecule has 126 heavy (non-hydrogen) atoms. The van der Waals surface area contributed by atoms with Gasteiger partial charge in [-0.15, -0.1) is 68.0 Å². The zero-order valence-electron chi connectivity index (χ0n) is 70.8. The number of primary amides is 1. The normalized spacial score (nSPS) is 16.0. The van der Waals surface area contributed by atoms with Crippen LogP contribution in [0.2, 0.25) is 12.0 Å². The van der Waals surface area contributed by atoms with Gasteiger partial charge in [0.25, 0.3) is 11.1 Å². The van der Waals surface area contributed by atoms with E-state index in [1.807, 2.05) is 71.0 Å². The first-order valence-electron chi connectivity index (χ1n) is 39.2. The second-order valence-electron chi connectivity index (χ2n) is 27.9. The zero-order chi connectivity index (χ0) is 93.5. The van der Waals surface area contributed by atoms with Crippen LogP contribution in [0.4, 0.5) is 16.6 Å². The number of esters is 2. The number of halogens is 8. The van der Waals surface area contributed by atoms with E-state index in [-0.39, 0.29) is 29.9 Å². The van der Waals surface area contributed by atoms with Gasteiger partial charge in [-0.3, -0.25) is 23.7 Å². The summed E-state index contributed by atoms with van der Waals surface area (Å²) in [6.45, 7) is 17.1. The van der Waals surface area contributed by atoms with E-state index in [4.69, 9.17) is 53.7 Å². The highest BCUT2D eigenvalue weighted by Crippen LogP contribution is 2.61. The lowest BCUT2D eigenvalue weighted by Crippen LogP contribution is -2.36. The number of benzene rings is 1. The van der Waals surface area contributed by atoms with E-state index in [1.54, 1.807) is 79.5 Å². The van der Waals surface area contributed by atoms with E-state index in [0.717, 1.165) is 159 Å². The number of hydrogen-bond donors (Lipinski definition) is 10. The zero-order valence-corrected chi connectivity index (χ0v) is 86.0. The number of H-pyrrole nitrogens is 2. The van der Waals surface area contributed by atoms with Crippen LogP contribution in [0.1, 0.15) is 145 Å². The van der Waals surface area contributed by atoms with Crippen molar-refractivity contribution in [3.05, 3.63) is 153 Å². The molecule has 15 N–H and O–H groups in total. The van der Waals surface area contributed by atoms with Crippen molar-refractivity contribution in [1.29, 1.82) is 5.26 Å². The Balaban J connectivity index is 0.000000251. The second-order valence-corrected chi connectivity index (χ2v) is 45.1. The number of carbonyl (C=O) groups is 4. The predicted octanol–water partition coefficient (Wildman–Crippen LogP) is 20.2. The number of nitrogens with zero attached hydrogens (tertiary/aromatic N) is 10. The Morgan fingerprint density at radius 2 is 1.11 bits per heavy atom. The number of nitrogen functional groups attached to an aromatic ring is 1. The molecule has 30 nitrogen and oxygen atoms in total. The highest BCUT2D eigenvalue weighted by Gasteiger charge is 2.26. The highest BCUT2D eigenvalue weighted by atomic mass is 79.9. The third-order valence-electron chi connectivity index (χ3n) is 18.1. The van der Waals surface area contributed by atoms with Crippen LogP contribution in [0.3, 0.4) is 0 Å². The van der Waals surface area contributed by atoms with Gasteiger partial charge < -0.3 is 77.9 Å². The minimum absolute atomic E-state index is 0.0562. The number of nitriles is 1. The average Bonchev–Trinajstić information content (AvgIpc) is 1.65. The van der Waals surface area contributed by atoms with Crippen LogP contribution in [-0.2, 0) is 28.4 Å². The van der Waals surface area contributed by atoms with E-state index in [2.05, 4.69) is 200 Å². The Kier molecular flexibility index (Phi) is 49.6. The smallest absolute Gasteiger partial charge is 0.362 e. The average molecular weight is 2200 g/mol. The van der Waals surface area contributed by atoms with Crippen molar-refractivity contribution in [2.75, 3.05) is 43.7 Å². The van der Waals surface area contributed by atoms with E-state index in [9.17, 15) is 33.6 Å². The monoisotopic (exact) mass is 2190 g/mol. The molecule has 0 spiro atoms. The van der Waals surface area contributed by atoms with Crippen LogP contribution in [0.25, 0.3) is 62.1 Å². The van der Waals surface area contributed by atoms with Crippen molar-refractivity contribution in [2.24, 2.45) is 22.9 Å².